The molecule has 2 aliphatic rings. The number of thioether (sulfide) groups is 1. The lowest BCUT2D eigenvalue weighted by Gasteiger charge is -2.35. The van der Waals surface area contributed by atoms with Gasteiger partial charge >= 0.3 is 0 Å². The number of ether oxygens (including phenoxy) is 1. The predicted molar refractivity (Wildman–Crippen MR) is 97.9 cm³/mol. The molecular formula is C19H24N2OS. The summed E-state index contributed by atoms with van der Waals surface area (Å²) >= 11 is 2.05. The third kappa shape index (κ3) is 2.84. The van der Waals surface area contributed by atoms with E-state index in [1.807, 2.05) is 11.8 Å². The van der Waals surface area contributed by atoms with Crippen molar-refractivity contribution >= 4 is 22.7 Å². The van der Waals surface area contributed by atoms with Gasteiger partial charge in [-0.2, -0.15) is 0 Å². The van der Waals surface area contributed by atoms with Gasteiger partial charge in [0.25, 0.3) is 0 Å². The second-order valence-electron chi connectivity index (χ2n) is 6.53. The Morgan fingerprint density at radius 1 is 1.26 bits per heavy atom. The maximum atomic E-state index is 5.59. The van der Waals surface area contributed by atoms with Gasteiger partial charge in [0.15, 0.2) is 0 Å². The molecule has 0 saturated carbocycles. The molecule has 1 aromatic heterocycles. The number of aryl methyl sites for hydroxylation is 1. The summed E-state index contributed by atoms with van der Waals surface area (Å²) in [6.07, 6.45) is 3.64. The van der Waals surface area contributed by atoms with Crippen LogP contribution in [0.25, 0.3) is 10.9 Å². The van der Waals surface area contributed by atoms with E-state index in [-0.39, 0.29) is 0 Å². The van der Waals surface area contributed by atoms with Crippen molar-refractivity contribution in [1.82, 2.24) is 9.88 Å². The number of benzene rings is 1. The number of para-hydroxylation sites is 1. The second-order valence-corrected chi connectivity index (χ2v) is 8.04. The zero-order chi connectivity index (χ0) is 15.8. The Labute approximate surface area is 142 Å². The molecule has 1 fully saturated rings. The van der Waals surface area contributed by atoms with Crippen LogP contribution in [0.1, 0.15) is 30.6 Å². The number of fused-ring (bicyclic) bond motifs is 1. The van der Waals surface area contributed by atoms with Gasteiger partial charge in [0.2, 0.25) is 0 Å². The molecule has 2 aromatic rings. The summed E-state index contributed by atoms with van der Waals surface area (Å²) in [5.41, 5.74) is 3.99. The summed E-state index contributed by atoms with van der Waals surface area (Å²) in [5.74, 6) is 0. The molecule has 3 heterocycles. The lowest BCUT2D eigenvalue weighted by atomic mass is 10.00. The number of morpholine rings is 1. The molecule has 0 amide bonds. The maximum absolute atomic E-state index is 5.59. The van der Waals surface area contributed by atoms with E-state index in [0.717, 1.165) is 26.3 Å². The fourth-order valence-corrected chi connectivity index (χ4v) is 5.02. The Balaban J connectivity index is 1.81. The second kappa shape index (κ2) is 6.34. The number of aromatic nitrogens is 1. The first kappa shape index (κ1) is 15.3. The minimum atomic E-state index is 0.366. The topological polar surface area (TPSA) is 28.3 Å². The van der Waals surface area contributed by atoms with Crippen molar-refractivity contribution in [3.05, 3.63) is 46.5 Å². The number of hydrogen-bond acceptors (Lipinski definition) is 3. The average Bonchev–Trinajstić information content (AvgIpc) is 3.13. The lowest BCUT2D eigenvalue weighted by Crippen LogP contribution is -2.39. The van der Waals surface area contributed by atoms with Crippen molar-refractivity contribution in [2.24, 2.45) is 0 Å². The molecule has 1 saturated heterocycles. The highest BCUT2D eigenvalue weighted by molar-refractivity contribution is 8.03. The first-order valence-corrected chi connectivity index (χ1v) is 9.37. The van der Waals surface area contributed by atoms with E-state index in [1.54, 1.807) is 0 Å². The Morgan fingerprint density at radius 2 is 2.04 bits per heavy atom. The van der Waals surface area contributed by atoms with Gasteiger partial charge in [-0.3, -0.25) is 4.90 Å². The molecule has 4 rings (SSSR count). The number of H-pyrrole nitrogens is 1. The molecule has 2 atom stereocenters. The zero-order valence-corrected chi connectivity index (χ0v) is 14.7. The minimum Gasteiger partial charge on any atom is -0.379 e. The highest BCUT2D eigenvalue weighted by Gasteiger charge is 2.32. The Morgan fingerprint density at radius 3 is 2.78 bits per heavy atom. The highest BCUT2D eigenvalue weighted by Crippen LogP contribution is 2.45. The van der Waals surface area contributed by atoms with E-state index >= 15 is 0 Å². The van der Waals surface area contributed by atoms with Gasteiger partial charge in [-0.05, 0) is 19.4 Å². The number of allylic oxidation sites excluding steroid dienone is 1. The normalized spacial score (nSPS) is 24.1. The molecule has 2 aliphatic heterocycles. The summed E-state index contributed by atoms with van der Waals surface area (Å²) in [7, 11) is 0. The van der Waals surface area contributed by atoms with Crippen molar-refractivity contribution in [3.8, 4) is 0 Å². The predicted octanol–water partition coefficient (Wildman–Crippen LogP) is 4.26. The molecule has 3 nitrogen and oxygen atoms in total. The minimum absolute atomic E-state index is 0.366. The molecule has 0 bridgehead atoms. The fourth-order valence-electron chi connectivity index (χ4n) is 3.78. The number of nitrogens with zero attached hydrogens (tertiary/aromatic N) is 1. The standard InChI is InChI=1S/C19H24N2OS/c1-13-7-8-17(23-13)19(21-9-11-22-12-10-21)18-14(2)20-16-6-4-3-5-15(16)18/h3-6,8,13,19-20H,7,9-12H2,1-2H3. The Kier molecular flexibility index (Phi) is 4.22. The van der Waals surface area contributed by atoms with Crippen LogP contribution in [-0.4, -0.2) is 41.4 Å². The van der Waals surface area contributed by atoms with Crippen LogP contribution in [0.2, 0.25) is 0 Å². The van der Waals surface area contributed by atoms with Gasteiger partial charge in [0.05, 0.1) is 19.3 Å². The molecule has 0 spiro atoms. The highest BCUT2D eigenvalue weighted by atomic mass is 32.2. The summed E-state index contributed by atoms with van der Waals surface area (Å²) in [5, 5.41) is 2.06. The molecule has 0 radical (unpaired) electrons. The monoisotopic (exact) mass is 328 g/mol. The molecule has 0 aliphatic carbocycles. The molecule has 122 valence electrons. The molecule has 1 aromatic carbocycles. The van der Waals surface area contributed by atoms with E-state index in [4.69, 9.17) is 4.74 Å². The van der Waals surface area contributed by atoms with E-state index in [9.17, 15) is 0 Å². The lowest BCUT2D eigenvalue weighted by molar-refractivity contribution is 0.0248. The van der Waals surface area contributed by atoms with Gasteiger partial charge in [0.1, 0.15) is 0 Å². The van der Waals surface area contributed by atoms with Gasteiger partial charge in [-0.25, -0.2) is 0 Å². The summed E-state index contributed by atoms with van der Waals surface area (Å²) in [6, 6.07) is 9.06. The third-order valence-electron chi connectivity index (χ3n) is 4.89. The fraction of sp³-hybridized carbons (Fsp3) is 0.474. The van der Waals surface area contributed by atoms with E-state index in [0.29, 0.717) is 11.3 Å². The third-order valence-corrected chi connectivity index (χ3v) is 6.14. The molecular weight excluding hydrogens is 304 g/mol. The molecule has 2 unspecified atom stereocenters. The quantitative estimate of drug-likeness (QED) is 0.912. The molecule has 23 heavy (non-hydrogen) atoms. The molecule has 1 N–H and O–H groups in total. The SMILES string of the molecule is Cc1[nH]c2ccccc2c1C(C1=CCC(C)S1)N1CCOCC1. The van der Waals surface area contributed by atoms with Gasteiger partial charge in [-0.1, -0.05) is 31.2 Å². The van der Waals surface area contributed by atoms with Crippen LogP contribution in [0.3, 0.4) is 0 Å². The van der Waals surface area contributed by atoms with Crippen LogP contribution in [-0.2, 0) is 4.74 Å². The smallest absolute Gasteiger partial charge is 0.0683 e. The van der Waals surface area contributed by atoms with Gasteiger partial charge in [0, 0.05) is 45.4 Å². The first-order chi connectivity index (χ1) is 11.2. The van der Waals surface area contributed by atoms with Crippen LogP contribution in [0.15, 0.2) is 35.2 Å². The van der Waals surface area contributed by atoms with E-state index < -0.39 is 0 Å². The summed E-state index contributed by atoms with van der Waals surface area (Å²) in [6.45, 7) is 8.24. The number of aromatic amines is 1. The van der Waals surface area contributed by atoms with Crippen LogP contribution in [0.4, 0.5) is 0 Å². The van der Waals surface area contributed by atoms with E-state index in [2.05, 4.69) is 54.1 Å². The van der Waals surface area contributed by atoms with Crippen molar-refractivity contribution < 1.29 is 4.74 Å². The van der Waals surface area contributed by atoms with Crippen LogP contribution in [0, 0.1) is 6.92 Å². The van der Waals surface area contributed by atoms with E-state index in [1.165, 1.54) is 33.5 Å². The van der Waals surface area contributed by atoms with Crippen molar-refractivity contribution in [2.45, 2.75) is 31.6 Å². The first-order valence-electron chi connectivity index (χ1n) is 8.50. The number of nitrogens with one attached hydrogen (secondary N) is 1. The average molecular weight is 328 g/mol. The van der Waals surface area contributed by atoms with Crippen molar-refractivity contribution in [2.75, 3.05) is 26.3 Å². The Bertz CT molecular complexity index is 730. The van der Waals surface area contributed by atoms with Crippen LogP contribution >= 0.6 is 11.8 Å². The van der Waals surface area contributed by atoms with Crippen molar-refractivity contribution in [1.29, 1.82) is 0 Å². The van der Waals surface area contributed by atoms with Gasteiger partial charge in [-0.15, -0.1) is 11.8 Å². The number of rotatable bonds is 3. The largest absolute Gasteiger partial charge is 0.379 e. The Hall–Kier alpha value is -1.23. The number of hydrogen-bond donors (Lipinski definition) is 1. The molecule has 4 heteroatoms. The summed E-state index contributed by atoms with van der Waals surface area (Å²) in [4.78, 5) is 7.71. The van der Waals surface area contributed by atoms with Crippen LogP contribution in [0.5, 0.6) is 0 Å². The van der Waals surface area contributed by atoms with Crippen LogP contribution < -0.4 is 0 Å². The van der Waals surface area contributed by atoms with Gasteiger partial charge < -0.3 is 9.72 Å². The van der Waals surface area contributed by atoms with Crippen molar-refractivity contribution in [3.63, 3.8) is 0 Å². The summed E-state index contributed by atoms with van der Waals surface area (Å²) < 4.78 is 5.59. The zero-order valence-electron chi connectivity index (χ0n) is 13.8. The maximum Gasteiger partial charge on any atom is 0.0683 e.